The van der Waals surface area contributed by atoms with Crippen LogP contribution in [-0.4, -0.2) is 30.2 Å². The van der Waals surface area contributed by atoms with Crippen molar-refractivity contribution in [3.63, 3.8) is 0 Å². The number of amides is 1. The van der Waals surface area contributed by atoms with Crippen molar-refractivity contribution >= 4 is 21.6 Å². The van der Waals surface area contributed by atoms with Crippen molar-refractivity contribution in [1.82, 2.24) is 8.87 Å². The van der Waals surface area contributed by atoms with Gasteiger partial charge in [0.25, 0.3) is 11.5 Å². The first-order valence-electron chi connectivity index (χ1n) is 8.86. The Bertz CT molecular complexity index is 1170. The maximum atomic E-state index is 12.8. The van der Waals surface area contributed by atoms with E-state index in [4.69, 9.17) is 0 Å². The maximum absolute atomic E-state index is 12.8. The second-order valence-corrected chi connectivity index (χ2v) is 8.63. The van der Waals surface area contributed by atoms with Gasteiger partial charge in [0.1, 0.15) is 0 Å². The molecule has 1 aromatic heterocycles. The molecule has 3 aromatic rings. The predicted molar refractivity (Wildman–Crippen MR) is 111 cm³/mol. The first-order chi connectivity index (χ1) is 13.8. The van der Waals surface area contributed by atoms with Crippen LogP contribution in [-0.2, 0) is 23.6 Å². The molecule has 0 aliphatic carbocycles. The molecule has 0 radical (unpaired) electrons. The Balaban J connectivity index is 1.72. The molecule has 0 unspecified atom stereocenters. The summed E-state index contributed by atoms with van der Waals surface area (Å²) in [7, 11) is -0.551. The topological polar surface area (TPSA) is 88.5 Å². The van der Waals surface area contributed by atoms with Gasteiger partial charge in [-0.1, -0.05) is 30.3 Å². The van der Waals surface area contributed by atoms with E-state index in [1.807, 2.05) is 30.3 Å². The van der Waals surface area contributed by atoms with Crippen molar-refractivity contribution in [1.29, 1.82) is 0 Å². The highest BCUT2D eigenvalue weighted by Crippen LogP contribution is 2.19. The molecule has 3 rings (SSSR count). The Labute approximate surface area is 169 Å². The van der Waals surface area contributed by atoms with Crippen LogP contribution in [0.4, 0.5) is 5.69 Å². The molecule has 0 spiro atoms. The van der Waals surface area contributed by atoms with Crippen molar-refractivity contribution in [2.75, 3.05) is 12.4 Å². The number of nitrogens with one attached hydrogen (secondary N) is 1. The van der Waals surface area contributed by atoms with Crippen molar-refractivity contribution in [3.8, 4) is 0 Å². The third-order valence-electron chi connectivity index (χ3n) is 4.43. The third kappa shape index (κ3) is 4.79. The van der Waals surface area contributed by atoms with E-state index in [9.17, 15) is 18.0 Å². The van der Waals surface area contributed by atoms with E-state index in [1.165, 1.54) is 58.5 Å². The fourth-order valence-corrected chi connectivity index (χ4v) is 3.87. The van der Waals surface area contributed by atoms with Gasteiger partial charge < -0.3 is 9.88 Å². The van der Waals surface area contributed by atoms with E-state index in [-0.39, 0.29) is 22.6 Å². The Morgan fingerprint density at radius 2 is 1.69 bits per heavy atom. The minimum Gasteiger partial charge on any atom is -0.322 e. The highest BCUT2D eigenvalue weighted by atomic mass is 32.2. The zero-order valence-electron chi connectivity index (χ0n) is 16.1. The highest BCUT2D eigenvalue weighted by molar-refractivity contribution is 7.89. The second kappa shape index (κ2) is 8.42. The molecule has 0 atom stereocenters. The Kier molecular flexibility index (Phi) is 5.95. The van der Waals surface area contributed by atoms with E-state index in [2.05, 4.69) is 5.32 Å². The Morgan fingerprint density at radius 3 is 2.31 bits per heavy atom. The normalized spacial score (nSPS) is 11.4. The smallest absolute Gasteiger partial charge is 0.255 e. The molecule has 0 saturated carbocycles. The number of benzene rings is 2. The predicted octanol–water partition coefficient (Wildman–Crippen LogP) is 2.46. The van der Waals surface area contributed by atoms with Gasteiger partial charge in [-0.15, -0.1) is 0 Å². The molecule has 0 bridgehead atoms. The van der Waals surface area contributed by atoms with Crippen molar-refractivity contribution < 1.29 is 13.2 Å². The van der Waals surface area contributed by atoms with Crippen LogP contribution >= 0.6 is 0 Å². The average Bonchev–Trinajstić information content (AvgIpc) is 2.71. The second-order valence-electron chi connectivity index (χ2n) is 6.59. The molecule has 8 heteroatoms. The molecule has 0 fully saturated rings. The van der Waals surface area contributed by atoms with Crippen molar-refractivity contribution in [2.45, 2.75) is 11.4 Å². The number of hydrogen-bond donors (Lipinski definition) is 1. The molecular weight excluding hydrogens is 390 g/mol. The van der Waals surface area contributed by atoms with Crippen LogP contribution in [0.1, 0.15) is 15.9 Å². The van der Waals surface area contributed by atoms with Gasteiger partial charge in [-0.2, -0.15) is 4.31 Å². The summed E-state index contributed by atoms with van der Waals surface area (Å²) in [6.45, 7) is 0.255. The molecule has 7 nitrogen and oxygen atoms in total. The van der Waals surface area contributed by atoms with Gasteiger partial charge in [-0.05, 0) is 35.9 Å². The van der Waals surface area contributed by atoms with Crippen LogP contribution in [0.25, 0.3) is 0 Å². The summed E-state index contributed by atoms with van der Waals surface area (Å²) in [5.41, 5.74) is 1.25. The van der Waals surface area contributed by atoms with Gasteiger partial charge in [0.2, 0.25) is 10.0 Å². The molecule has 0 aliphatic heterocycles. The van der Waals surface area contributed by atoms with Crippen LogP contribution in [0.2, 0.25) is 0 Å². The molecule has 1 N–H and O–H groups in total. The van der Waals surface area contributed by atoms with E-state index in [0.29, 0.717) is 5.69 Å². The molecule has 150 valence electrons. The SMILES string of the molecule is CN(Cc1ccccc1)S(=O)(=O)c1ccc(NC(=O)c2ccn(C)c(=O)c2)cc1. The number of anilines is 1. The summed E-state index contributed by atoms with van der Waals surface area (Å²) in [4.78, 5) is 24.1. The lowest BCUT2D eigenvalue weighted by molar-refractivity contribution is 0.102. The number of carbonyl (C=O) groups excluding carboxylic acids is 1. The number of sulfonamides is 1. The van der Waals surface area contributed by atoms with Gasteiger partial charge in [0.05, 0.1) is 4.90 Å². The quantitative estimate of drug-likeness (QED) is 0.675. The van der Waals surface area contributed by atoms with Crippen molar-refractivity contribution in [2.24, 2.45) is 7.05 Å². The third-order valence-corrected chi connectivity index (χ3v) is 6.25. The van der Waals surface area contributed by atoms with Gasteiger partial charge in [0, 0.05) is 44.2 Å². The molecule has 2 aromatic carbocycles. The number of carbonyl (C=O) groups is 1. The number of pyridine rings is 1. The van der Waals surface area contributed by atoms with Crippen LogP contribution in [0.15, 0.2) is 82.6 Å². The fraction of sp³-hybridized carbons (Fsp3) is 0.143. The fourth-order valence-electron chi connectivity index (χ4n) is 2.71. The van der Waals surface area contributed by atoms with E-state index in [1.54, 1.807) is 7.05 Å². The molecule has 1 heterocycles. The number of hydrogen-bond acceptors (Lipinski definition) is 4. The highest BCUT2D eigenvalue weighted by Gasteiger charge is 2.21. The van der Waals surface area contributed by atoms with E-state index >= 15 is 0 Å². The minimum absolute atomic E-state index is 0.127. The lowest BCUT2D eigenvalue weighted by Crippen LogP contribution is -2.26. The molecule has 29 heavy (non-hydrogen) atoms. The van der Waals surface area contributed by atoms with E-state index < -0.39 is 15.9 Å². The summed E-state index contributed by atoms with van der Waals surface area (Å²) in [6, 6.07) is 18.0. The maximum Gasteiger partial charge on any atom is 0.255 e. The number of aromatic nitrogens is 1. The summed E-state index contributed by atoms with van der Waals surface area (Å²) < 4.78 is 28.2. The van der Waals surface area contributed by atoms with Crippen LogP contribution in [0, 0.1) is 0 Å². The lowest BCUT2D eigenvalue weighted by atomic mass is 10.2. The monoisotopic (exact) mass is 411 g/mol. The number of rotatable bonds is 6. The molecule has 0 saturated heterocycles. The first-order valence-corrected chi connectivity index (χ1v) is 10.3. The van der Waals surface area contributed by atoms with Crippen LogP contribution < -0.4 is 10.9 Å². The van der Waals surface area contributed by atoms with Gasteiger partial charge in [-0.25, -0.2) is 8.42 Å². The Hall–Kier alpha value is -3.23. The number of aryl methyl sites for hydroxylation is 1. The molecular formula is C21H21N3O4S. The lowest BCUT2D eigenvalue weighted by Gasteiger charge is -2.17. The Morgan fingerprint density at radius 1 is 1.03 bits per heavy atom. The summed E-state index contributed by atoms with van der Waals surface area (Å²) in [5.74, 6) is -0.445. The van der Waals surface area contributed by atoms with Crippen molar-refractivity contribution in [3.05, 3.63) is 94.4 Å². The minimum atomic E-state index is -3.67. The molecule has 1 amide bonds. The summed E-state index contributed by atoms with van der Waals surface area (Å²) in [6.07, 6.45) is 1.51. The standard InChI is InChI=1S/C21H21N3O4S/c1-23-13-12-17(14-20(23)25)21(26)22-18-8-10-19(11-9-18)29(27,28)24(2)15-16-6-4-3-5-7-16/h3-14H,15H2,1-2H3,(H,22,26). The zero-order chi connectivity index (χ0) is 21.0. The van der Waals surface area contributed by atoms with Crippen LogP contribution in [0.5, 0.6) is 0 Å². The van der Waals surface area contributed by atoms with Gasteiger partial charge in [0.15, 0.2) is 0 Å². The average molecular weight is 411 g/mol. The largest absolute Gasteiger partial charge is 0.322 e. The van der Waals surface area contributed by atoms with Crippen LogP contribution in [0.3, 0.4) is 0 Å². The zero-order valence-corrected chi connectivity index (χ0v) is 16.9. The molecule has 0 aliphatic rings. The summed E-state index contributed by atoms with van der Waals surface area (Å²) >= 11 is 0. The summed E-state index contributed by atoms with van der Waals surface area (Å²) in [5, 5.41) is 2.66. The van der Waals surface area contributed by atoms with E-state index in [0.717, 1.165) is 5.56 Å². The van der Waals surface area contributed by atoms with Gasteiger partial charge >= 0.3 is 0 Å². The number of nitrogens with zero attached hydrogens (tertiary/aromatic N) is 2. The first kappa shape index (κ1) is 20.5. The van der Waals surface area contributed by atoms with Gasteiger partial charge in [-0.3, -0.25) is 9.59 Å².